The second-order valence-electron chi connectivity index (χ2n) is 4.75. The molecule has 2 N–H and O–H groups in total. The highest BCUT2D eigenvalue weighted by Gasteiger charge is 2.10. The molecule has 0 saturated carbocycles. The van der Waals surface area contributed by atoms with Gasteiger partial charge in [0.05, 0.1) is 12.2 Å². The van der Waals surface area contributed by atoms with Gasteiger partial charge in [0.15, 0.2) is 0 Å². The number of carbonyl (C=O) groups is 1. The van der Waals surface area contributed by atoms with Crippen LogP contribution in [0.1, 0.15) is 15.9 Å². The van der Waals surface area contributed by atoms with E-state index in [1.165, 1.54) is 19.2 Å². The van der Waals surface area contributed by atoms with E-state index >= 15 is 0 Å². The van der Waals surface area contributed by atoms with Gasteiger partial charge in [-0.3, -0.25) is 4.79 Å². The smallest absolute Gasteiger partial charge is 0.254 e. The fourth-order valence-corrected chi connectivity index (χ4v) is 1.98. The molecule has 116 valence electrons. The zero-order chi connectivity index (χ0) is 15.9. The van der Waals surface area contributed by atoms with Crippen molar-refractivity contribution in [3.63, 3.8) is 0 Å². The van der Waals surface area contributed by atoms with Gasteiger partial charge in [0.2, 0.25) is 0 Å². The summed E-state index contributed by atoms with van der Waals surface area (Å²) in [5, 5.41) is 12.3. The molecule has 0 aliphatic rings. The largest absolute Gasteiger partial charge is 0.507 e. The van der Waals surface area contributed by atoms with E-state index in [-0.39, 0.29) is 17.2 Å². The molecule has 2 aromatic rings. The van der Waals surface area contributed by atoms with Crippen molar-refractivity contribution in [2.75, 3.05) is 20.8 Å². The highest BCUT2D eigenvalue weighted by Crippen LogP contribution is 2.27. The second kappa shape index (κ2) is 7.47. The van der Waals surface area contributed by atoms with Crippen LogP contribution in [-0.2, 0) is 11.2 Å². The van der Waals surface area contributed by atoms with E-state index in [0.717, 1.165) is 12.0 Å². The molecule has 2 aromatic carbocycles. The van der Waals surface area contributed by atoms with Gasteiger partial charge in [-0.1, -0.05) is 12.1 Å². The van der Waals surface area contributed by atoms with Crippen LogP contribution in [0.15, 0.2) is 42.5 Å². The number of ether oxygens (including phenoxy) is 2. The quantitative estimate of drug-likeness (QED) is 0.861. The number of methoxy groups -OCH3 is 1. The van der Waals surface area contributed by atoms with Crippen molar-refractivity contribution in [3.05, 3.63) is 53.6 Å². The van der Waals surface area contributed by atoms with Crippen LogP contribution < -0.4 is 10.1 Å². The number of phenolic OH excluding ortho intramolecular Hbond substituents is 1. The Hall–Kier alpha value is -2.53. The van der Waals surface area contributed by atoms with E-state index in [1.54, 1.807) is 13.2 Å². The van der Waals surface area contributed by atoms with Crippen LogP contribution in [0.2, 0.25) is 0 Å². The van der Waals surface area contributed by atoms with Crippen molar-refractivity contribution in [2.45, 2.75) is 6.42 Å². The minimum atomic E-state index is -0.341. The molecule has 22 heavy (non-hydrogen) atoms. The van der Waals surface area contributed by atoms with E-state index in [0.29, 0.717) is 18.1 Å². The van der Waals surface area contributed by atoms with Gasteiger partial charge < -0.3 is 19.9 Å². The Morgan fingerprint density at radius 2 is 1.82 bits per heavy atom. The molecule has 0 radical (unpaired) electrons. The van der Waals surface area contributed by atoms with Crippen molar-refractivity contribution in [1.29, 1.82) is 0 Å². The average Bonchev–Trinajstić information content (AvgIpc) is 2.53. The van der Waals surface area contributed by atoms with Gasteiger partial charge in [0.25, 0.3) is 5.91 Å². The monoisotopic (exact) mass is 301 g/mol. The summed E-state index contributed by atoms with van der Waals surface area (Å²) in [5.74, 6) is 0.670. The van der Waals surface area contributed by atoms with E-state index in [1.807, 2.05) is 24.3 Å². The zero-order valence-corrected chi connectivity index (χ0v) is 12.6. The lowest BCUT2D eigenvalue weighted by Crippen LogP contribution is -2.17. The summed E-state index contributed by atoms with van der Waals surface area (Å²) >= 11 is 0. The molecule has 5 nitrogen and oxygen atoms in total. The van der Waals surface area contributed by atoms with Crippen LogP contribution >= 0.6 is 0 Å². The van der Waals surface area contributed by atoms with Gasteiger partial charge in [0.1, 0.15) is 17.2 Å². The SMILES string of the molecule is CNC(=O)c1ccc(Oc2ccc(CCOC)cc2)cc1O. The second-order valence-corrected chi connectivity index (χ2v) is 4.75. The topological polar surface area (TPSA) is 67.8 Å². The highest BCUT2D eigenvalue weighted by atomic mass is 16.5. The molecular weight excluding hydrogens is 282 g/mol. The third-order valence-corrected chi connectivity index (χ3v) is 3.19. The molecule has 1 amide bonds. The number of nitrogens with one attached hydrogen (secondary N) is 1. The molecule has 0 aliphatic heterocycles. The first-order valence-corrected chi connectivity index (χ1v) is 6.95. The lowest BCUT2D eigenvalue weighted by molar-refractivity contribution is 0.0960. The Labute approximate surface area is 129 Å². The molecule has 0 atom stereocenters. The lowest BCUT2D eigenvalue weighted by atomic mass is 10.1. The first-order chi connectivity index (χ1) is 10.6. The van der Waals surface area contributed by atoms with Crippen molar-refractivity contribution >= 4 is 5.91 Å². The normalized spacial score (nSPS) is 10.3. The highest BCUT2D eigenvalue weighted by molar-refractivity contribution is 5.96. The van der Waals surface area contributed by atoms with Gasteiger partial charge in [-0.25, -0.2) is 0 Å². The summed E-state index contributed by atoms with van der Waals surface area (Å²) in [6, 6.07) is 12.2. The first kappa shape index (κ1) is 15.9. The average molecular weight is 301 g/mol. The van der Waals surface area contributed by atoms with Crippen LogP contribution in [0.25, 0.3) is 0 Å². The minimum Gasteiger partial charge on any atom is -0.507 e. The third kappa shape index (κ3) is 3.99. The minimum absolute atomic E-state index is 0.117. The molecule has 0 unspecified atom stereocenters. The number of hydrogen-bond acceptors (Lipinski definition) is 4. The van der Waals surface area contributed by atoms with Crippen LogP contribution in [-0.4, -0.2) is 31.8 Å². The van der Waals surface area contributed by atoms with Gasteiger partial charge in [0, 0.05) is 20.2 Å². The Kier molecular flexibility index (Phi) is 5.38. The molecule has 0 spiro atoms. The van der Waals surface area contributed by atoms with Crippen LogP contribution in [0.5, 0.6) is 17.2 Å². The zero-order valence-electron chi connectivity index (χ0n) is 12.6. The Morgan fingerprint density at radius 3 is 2.41 bits per heavy atom. The standard InChI is InChI=1S/C17H19NO4/c1-18-17(20)15-8-7-14(11-16(15)19)22-13-5-3-12(4-6-13)9-10-21-2/h3-8,11,19H,9-10H2,1-2H3,(H,18,20). The molecule has 0 aromatic heterocycles. The van der Waals surface area contributed by atoms with E-state index in [9.17, 15) is 9.90 Å². The number of aromatic hydroxyl groups is 1. The molecule has 0 heterocycles. The molecule has 5 heteroatoms. The number of carbonyl (C=O) groups excluding carboxylic acids is 1. The predicted octanol–water partition coefficient (Wildman–Crippen LogP) is 2.73. The molecule has 0 bridgehead atoms. The maximum Gasteiger partial charge on any atom is 0.254 e. The number of benzene rings is 2. The number of amides is 1. The van der Waals surface area contributed by atoms with E-state index in [2.05, 4.69) is 5.32 Å². The molecule has 2 rings (SSSR count). The Morgan fingerprint density at radius 1 is 1.14 bits per heavy atom. The van der Waals surface area contributed by atoms with Crippen LogP contribution in [0.3, 0.4) is 0 Å². The summed E-state index contributed by atoms with van der Waals surface area (Å²) < 4.78 is 10.7. The van der Waals surface area contributed by atoms with Crippen LogP contribution in [0.4, 0.5) is 0 Å². The van der Waals surface area contributed by atoms with Gasteiger partial charge in [-0.15, -0.1) is 0 Å². The fourth-order valence-electron chi connectivity index (χ4n) is 1.98. The van der Waals surface area contributed by atoms with Crippen molar-refractivity contribution in [1.82, 2.24) is 5.32 Å². The summed E-state index contributed by atoms with van der Waals surface area (Å²) in [4.78, 5) is 11.5. The van der Waals surface area contributed by atoms with E-state index < -0.39 is 0 Å². The molecule has 0 fully saturated rings. The maximum absolute atomic E-state index is 11.5. The maximum atomic E-state index is 11.5. The van der Waals surface area contributed by atoms with Gasteiger partial charge >= 0.3 is 0 Å². The summed E-state index contributed by atoms with van der Waals surface area (Å²) in [6.07, 6.45) is 0.846. The fraction of sp³-hybridized carbons (Fsp3) is 0.235. The summed E-state index contributed by atoms with van der Waals surface area (Å²) in [5.41, 5.74) is 1.37. The Balaban J connectivity index is 2.07. The summed E-state index contributed by atoms with van der Waals surface area (Å²) in [6.45, 7) is 0.676. The Bertz CT molecular complexity index is 638. The van der Waals surface area contributed by atoms with Crippen molar-refractivity contribution in [2.24, 2.45) is 0 Å². The van der Waals surface area contributed by atoms with Crippen LogP contribution in [0, 0.1) is 0 Å². The molecule has 0 aliphatic carbocycles. The number of rotatable bonds is 6. The number of hydrogen-bond donors (Lipinski definition) is 2. The van der Waals surface area contributed by atoms with E-state index in [4.69, 9.17) is 9.47 Å². The summed E-state index contributed by atoms with van der Waals surface area (Å²) in [7, 11) is 3.18. The van der Waals surface area contributed by atoms with Crippen molar-refractivity contribution < 1.29 is 19.4 Å². The lowest BCUT2D eigenvalue weighted by Gasteiger charge is -2.09. The number of phenols is 1. The van der Waals surface area contributed by atoms with Crippen molar-refractivity contribution in [3.8, 4) is 17.2 Å². The van der Waals surface area contributed by atoms with Gasteiger partial charge in [-0.2, -0.15) is 0 Å². The third-order valence-electron chi connectivity index (χ3n) is 3.19. The molecule has 0 saturated heterocycles. The first-order valence-electron chi connectivity index (χ1n) is 6.95. The predicted molar refractivity (Wildman–Crippen MR) is 83.6 cm³/mol. The van der Waals surface area contributed by atoms with Gasteiger partial charge in [-0.05, 0) is 36.2 Å². The molecular formula is C17H19NO4.